The van der Waals surface area contributed by atoms with Gasteiger partial charge in [-0.1, -0.05) is 66.9 Å². The first-order chi connectivity index (χ1) is 19.0. The van der Waals surface area contributed by atoms with E-state index in [-0.39, 0.29) is 18.9 Å². The molecule has 1 saturated heterocycles. The van der Waals surface area contributed by atoms with Crippen LogP contribution in [0.5, 0.6) is 5.75 Å². The fraction of sp³-hybridized carbons (Fsp3) is 0.300. The van der Waals surface area contributed by atoms with Crippen LogP contribution >= 0.6 is 11.8 Å². The third-order valence-corrected chi connectivity index (χ3v) is 7.56. The van der Waals surface area contributed by atoms with Gasteiger partial charge in [0.2, 0.25) is 5.91 Å². The molecular weight excluding hydrogens is 514 g/mol. The molecule has 0 radical (unpaired) electrons. The molecule has 3 aliphatic heterocycles. The Labute approximate surface area is 232 Å². The molecule has 1 amide bonds. The van der Waals surface area contributed by atoms with Crippen LogP contribution in [0.25, 0.3) is 0 Å². The number of aliphatic imine (C=N–C) groups is 1. The highest BCUT2D eigenvalue weighted by Gasteiger charge is 2.41. The smallest absolute Gasteiger partial charge is 0.338 e. The number of carbonyl (C=O) groups excluding carboxylic acids is 2. The maximum absolute atomic E-state index is 13.3. The molecule has 9 heteroatoms. The predicted molar refractivity (Wildman–Crippen MR) is 151 cm³/mol. The Balaban J connectivity index is 1.46. The summed E-state index contributed by atoms with van der Waals surface area (Å²) in [7, 11) is 0. The molecular formula is C30H31N3O5S. The van der Waals surface area contributed by atoms with Crippen molar-refractivity contribution < 1.29 is 23.8 Å². The summed E-state index contributed by atoms with van der Waals surface area (Å²) in [6.45, 7) is 8.20. The van der Waals surface area contributed by atoms with E-state index in [1.165, 1.54) is 17.8 Å². The van der Waals surface area contributed by atoms with Crippen LogP contribution in [0.1, 0.15) is 30.5 Å². The summed E-state index contributed by atoms with van der Waals surface area (Å²) in [6.07, 6.45) is 1.73. The summed E-state index contributed by atoms with van der Waals surface area (Å²) in [5, 5.41) is 2.67. The van der Waals surface area contributed by atoms with Gasteiger partial charge in [-0.3, -0.25) is 4.79 Å². The van der Waals surface area contributed by atoms with Crippen molar-refractivity contribution in [1.82, 2.24) is 9.80 Å². The molecule has 0 N–H and O–H groups in total. The Morgan fingerprint density at radius 3 is 2.72 bits per heavy atom. The van der Waals surface area contributed by atoms with Crippen LogP contribution < -0.4 is 4.74 Å². The van der Waals surface area contributed by atoms with E-state index >= 15 is 0 Å². The number of rotatable bonds is 9. The van der Waals surface area contributed by atoms with Gasteiger partial charge in [0.15, 0.2) is 5.17 Å². The first kappa shape index (κ1) is 26.8. The summed E-state index contributed by atoms with van der Waals surface area (Å²) in [5.41, 5.74) is 3.69. The van der Waals surface area contributed by atoms with Crippen molar-refractivity contribution in [3.8, 4) is 5.75 Å². The van der Waals surface area contributed by atoms with E-state index in [4.69, 9.17) is 19.2 Å². The van der Waals surface area contributed by atoms with Gasteiger partial charge in [-0.25, -0.2) is 9.79 Å². The maximum Gasteiger partial charge on any atom is 0.338 e. The van der Waals surface area contributed by atoms with E-state index in [0.29, 0.717) is 49.9 Å². The first-order valence-electron chi connectivity index (χ1n) is 12.9. The van der Waals surface area contributed by atoms with Crippen molar-refractivity contribution in [2.24, 2.45) is 4.99 Å². The fourth-order valence-electron chi connectivity index (χ4n) is 4.75. The summed E-state index contributed by atoms with van der Waals surface area (Å²) in [6, 6.07) is 17.1. The number of esters is 1. The number of fused-ring (bicyclic) bond motifs is 1. The quantitative estimate of drug-likeness (QED) is 0.330. The average Bonchev–Trinajstić information content (AvgIpc) is 3.36. The van der Waals surface area contributed by atoms with Gasteiger partial charge < -0.3 is 24.0 Å². The van der Waals surface area contributed by atoms with Crippen LogP contribution in [-0.4, -0.2) is 59.8 Å². The number of nitrogens with zero attached hydrogens (tertiary/aromatic N) is 3. The van der Waals surface area contributed by atoms with Gasteiger partial charge in [0, 0.05) is 18.8 Å². The SMILES string of the molecule is C=CCOC(=O)C1=C(C)N=C2SC=C(CC(=O)N3CCOCC3)N2[C@@H]1c1cccc(OCc2ccccc2)c1. The molecule has 8 nitrogen and oxygen atoms in total. The van der Waals surface area contributed by atoms with E-state index in [1.54, 1.807) is 0 Å². The zero-order valence-corrected chi connectivity index (χ0v) is 22.7. The molecule has 0 bridgehead atoms. The van der Waals surface area contributed by atoms with Crippen molar-refractivity contribution in [1.29, 1.82) is 0 Å². The summed E-state index contributed by atoms with van der Waals surface area (Å²) < 4.78 is 17.0. The molecule has 39 heavy (non-hydrogen) atoms. The second kappa shape index (κ2) is 12.4. The molecule has 1 atom stereocenters. The summed E-state index contributed by atoms with van der Waals surface area (Å²) >= 11 is 1.45. The Morgan fingerprint density at radius 2 is 1.95 bits per heavy atom. The molecule has 2 aromatic rings. The van der Waals surface area contributed by atoms with Crippen molar-refractivity contribution >= 4 is 28.8 Å². The van der Waals surface area contributed by atoms with Crippen LogP contribution in [0.4, 0.5) is 0 Å². The molecule has 202 valence electrons. The van der Waals surface area contributed by atoms with E-state index < -0.39 is 12.0 Å². The van der Waals surface area contributed by atoms with Gasteiger partial charge in [-0.2, -0.15) is 0 Å². The zero-order chi connectivity index (χ0) is 27.2. The molecule has 0 aliphatic carbocycles. The van der Waals surface area contributed by atoms with Crippen LogP contribution in [0.2, 0.25) is 0 Å². The number of benzene rings is 2. The average molecular weight is 546 g/mol. The Kier molecular flexibility index (Phi) is 8.48. The Hall–Kier alpha value is -3.82. The molecule has 5 rings (SSSR count). The molecule has 0 saturated carbocycles. The van der Waals surface area contributed by atoms with Crippen LogP contribution in [0.3, 0.4) is 0 Å². The second-order valence-corrected chi connectivity index (χ2v) is 10.1. The van der Waals surface area contributed by atoms with E-state index in [0.717, 1.165) is 22.0 Å². The number of hydrogen-bond acceptors (Lipinski definition) is 8. The molecule has 3 aliphatic rings. The van der Waals surface area contributed by atoms with Crippen molar-refractivity contribution in [3.63, 3.8) is 0 Å². The van der Waals surface area contributed by atoms with Crippen LogP contribution in [0, 0.1) is 0 Å². The van der Waals surface area contributed by atoms with Gasteiger partial charge >= 0.3 is 5.97 Å². The number of carbonyl (C=O) groups is 2. The number of morpholine rings is 1. The standard InChI is InChI=1S/C30H31N3O5S/c1-3-14-37-29(35)27-21(2)31-30-33(24(20-39-30)18-26(34)32-12-15-36-16-13-32)28(27)23-10-7-11-25(17-23)38-19-22-8-5-4-6-9-22/h3-11,17,20,28H,1,12-16,18-19H2,2H3/t28-/m1/s1. The summed E-state index contributed by atoms with van der Waals surface area (Å²) in [5.74, 6) is 0.234. The molecule has 0 spiro atoms. The molecule has 3 heterocycles. The predicted octanol–water partition coefficient (Wildman–Crippen LogP) is 4.82. The third kappa shape index (κ3) is 6.10. The van der Waals surface area contributed by atoms with Gasteiger partial charge in [-0.15, -0.1) is 0 Å². The first-order valence-corrected chi connectivity index (χ1v) is 13.8. The summed E-state index contributed by atoms with van der Waals surface area (Å²) in [4.78, 5) is 35.1. The third-order valence-electron chi connectivity index (χ3n) is 6.67. The molecule has 1 fully saturated rings. The number of hydrogen-bond donors (Lipinski definition) is 0. The Morgan fingerprint density at radius 1 is 1.15 bits per heavy atom. The second-order valence-electron chi connectivity index (χ2n) is 9.30. The number of amides is 1. The lowest BCUT2D eigenvalue weighted by Gasteiger charge is -2.37. The van der Waals surface area contributed by atoms with E-state index in [1.807, 2.05) is 76.7 Å². The number of allylic oxidation sites excluding steroid dienone is 1. The van der Waals surface area contributed by atoms with Crippen molar-refractivity contribution in [2.75, 3.05) is 32.9 Å². The maximum atomic E-state index is 13.3. The van der Waals surface area contributed by atoms with Gasteiger partial charge in [0.1, 0.15) is 19.0 Å². The number of ether oxygens (including phenoxy) is 3. The largest absolute Gasteiger partial charge is 0.489 e. The minimum atomic E-state index is -0.533. The lowest BCUT2D eigenvalue weighted by atomic mass is 9.93. The minimum absolute atomic E-state index is 0.0205. The zero-order valence-electron chi connectivity index (χ0n) is 21.9. The van der Waals surface area contributed by atoms with Gasteiger partial charge in [0.05, 0.1) is 36.9 Å². The van der Waals surface area contributed by atoms with E-state index in [2.05, 4.69) is 6.58 Å². The van der Waals surface area contributed by atoms with Crippen molar-refractivity contribution in [2.45, 2.75) is 26.0 Å². The minimum Gasteiger partial charge on any atom is -0.489 e. The van der Waals surface area contributed by atoms with Crippen LogP contribution in [-0.2, 0) is 25.7 Å². The van der Waals surface area contributed by atoms with Gasteiger partial charge in [0.25, 0.3) is 0 Å². The lowest BCUT2D eigenvalue weighted by Crippen LogP contribution is -2.42. The molecule has 2 aromatic carbocycles. The normalized spacial score (nSPS) is 18.7. The van der Waals surface area contributed by atoms with Crippen LogP contribution in [0.15, 0.2) is 94.6 Å². The highest BCUT2D eigenvalue weighted by Crippen LogP contribution is 2.45. The highest BCUT2D eigenvalue weighted by atomic mass is 32.2. The number of amidine groups is 1. The Bertz CT molecular complexity index is 1330. The van der Waals surface area contributed by atoms with E-state index in [9.17, 15) is 9.59 Å². The number of thioether (sulfide) groups is 1. The monoisotopic (exact) mass is 545 g/mol. The fourth-order valence-corrected chi connectivity index (χ4v) is 5.72. The highest BCUT2D eigenvalue weighted by molar-refractivity contribution is 8.16. The molecule has 0 aromatic heterocycles. The lowest BCUT2D eigenvalue weighted by molar-refractivity contribution is -0.138. The molecule has 0 unspecified atom stereocenters. The van der Waals surface area contributed by atoms with Gasteiger partial charge in [-0.05, 0) is 35.6 Å². The van der Waals surface area contributed by atoms with Crippen molar-refractivity contribution in [3.05, 3.63) is 101 Å². The topological polar surface area (TPSA) is 80.7 Å².